The number of methoxy groups -OCH3 is 1. The van der Waals surface area contributed by atoms with Crippen LogP contribution in [0.3, 0.4) is 0 Å². The number of nitrogens with zero attached hydrogens (tertiary/aromatic N) is 3. The van der Waals surface area contributed by atoms with Gasteiger partial charge in [0.05, 0.1) is 26.0 Å². The van der Waals surface area contributed by atoms with Gasteiger partial charge in [-0.2, -0.15) is 5.10 Å². The molecule has 0 saturated heterocycles. The molecular formula is C17H25N5O2. The van der Waals surface area contributed by atoms with Gasteiger partial charge in [-0.15, -0.1) is 0 Å². The first-order valence-corrected chi connectivity index (χ1v) is 8.01. The lowest BCUT2D eigenvalue weighted by Crippen LogP contribution is -2.30. The largest absolute Gasteiger partial charge is 0.493 e. The summed E-state index contributed by atoms with van der Waals surface area (Å²) in [6.07, 6.45) is 1.77. The van der Waals surface area contributed by atoms with Crippen LogP contribution in [0.2, 0.25) is 0 Å². The van der Waals surface area contributed by atoms with Crippen molar-refractivity contribution >= 4 is 11.6 Å². The standard InChI is InChI=1S/C17H25N5O2/c1-5-18-17(19-12-14-9-10-20-22(14)3)21-13-7-8-15(24-6-2)16(11-13)23-4/h7-11H,5-6,12H2,1-4H3,(H2,18,19,21). The minimum Gasteiger partial charge on any atom is -0.493 e. The lowest BCUT2D eigenvalue weighted by Gasteiger charge is -2.14. The van der Waals surface area contributed by atoms with Crippen molar-refractivity contribution in [1.82, 2.24) is 15.1 Å². The number of ether oxygens (including phenoxy) is 2. The van der Waals surface area contributed by atoms with Gasteiger partial charge in [0.1, 0.15) is 0 Å². The van der Waals surface area contributed by atoms with E-state index in [2.05, 4.69) is 20.7 Å². The third-order valence-electron chi connectivity index (χ3n) is 3.39. The number of aliphatic imine (C=N–C) groups is 1. The van der Waals surface area contributed by atoms with Crippen LogP contribution in [0.25, 0.3) is 0 Å². The van der Waals surface area contributed by atoms with Gasteiger partial charge in [0.2, 0.25) is 0 Å². The first kappa shape index (κ1) is 17.7. The smallest absolute Gasteiger partial charge is 0.196 e. The molecule has 0 atom stereocenters. The lowest BCUT2D eigenvalue weighted by molar-refractivity contribution is 0.311. The number of nitrogens with one attached hydrogen (secondary N) is 2. The fourth-order valence-corrected chi connectivity index (χ4v) is 2.18. The predicted molar refractivity (Wildman–Crippen MR) is 95.8 cm³/mol. The van der Waals surface area contributed by atoms with E-state index in [9.17, 15) is 0 Å². The van der Waals surface area contributed by atoms with E-state index in [0.29, 0.717) is 24.9 Å². The minimum atomic E-state index is 0.542. The Kier molecular flexibility index (Phi) is 6.48. The zero-order chi connectivity index (χ0) is 17.4. The fraction of sp³-hybridized carbons (Fsp3) is 0.412. The van der Waals surface area contributed by atoms with Crippen molar-refractivity contribution in [2.24, 2.45) is 12.0 Å². The molecule has 0 aliphatic heterocycles. The predicted octanol–water partition coefficient (Wildman–Crippen LogP) is 2.41. The number of aryl methyl sites for hydroxylation is 1. The Hall–Kier alpha value is -2.70. The normalized spacial score (nSPS) is 11.2. The quantitative estimate of drug-likeness (QED) is 0.602. The summed E-state index contributed by atoms with van der Waals surface area (Å²) in [5.74, 6) is 2.11. The van der Waals surface area contributed by atoms with Crippen LogP contribution in [0.5, 0.6) is 11.5 Å². The van der Waals surface area contributed by atoms with Crippen LogP contribution < -0.4 is 20.1 Å². The number of rotatable bonds is 7. The summed E-state index contributed by atoms with van der Waals surface area (Å²) in [7, 11) is 3.53. The SMILES string of the molecule is CCNC(=NCc1ccnn1C)Nc1ccc(OCC)c(OC)c1. The summed E-state index contributed by atoms with van der Waals surface area (Å²) in [4.78, 5) is 4.59. The van der Waals surface area contributed by atoms with Gasteiger partial charge < -0.3 is 20.1 Å². The summed E-state index contributed by atoms with van der Waals surface area (Å²) in [5.41, 5.74) is 1.91. The first-order valence-electron chi connectivity index (χ1n) is 8.01. The molecule has 0 saturated carbocycles. The molecule has 2 aromatic rings. The van der Waals surface area contributed by atoms with Crippen molar-refractivity contribution in [2.45, 2.75) is 20.4 Å². The van der Waals surface area contributed by atoms with Crippen LogP contribution in [0, 0.1) is 0 Å². The molecule has 0 spiro atoms. The van der Waals surface area contributed by atoms with Gasteiger partial charge in [-0.05, 0) is 32.0 Å². The van der Waals surface area contributed by atoms with Gasteiger partial charge in [-0.25, -0.2) is 4.99 Å². The highest BCUT2D eigenvalue weighted by molar-refractivity contribution is 5.93. The molecular weight excluding hydrogens is 306 g/mol. The fourth-order valence-electron chi connectivity index (χ4n) is 2.18. The molecule has 0 fully saturated rings. The number of aromatic nitrogens is 2. The molecule has 7 heteroatoms. The molecule has 0 unspecified atom stereocenters. The van der Waals surface area contributed by atoms with E-state index >= 15 is 0 Å². The van der Waals surface area contributed by atoms with E-state index in [1.54, 1.807) is 13.3 Å². The van der Waals surface area contributed by atoms with Crippen molar-refractivity contribution in [2.75, 3.05) is 25.6 Å². The summed E-state index contributed by atoms with van der Waals surface area (Å²) in [6.45, 7) is 5.88. The summed E-state index contributed by atoms with van der Waals surface area (Å²) in [5, 5.41) is 10.7. The third-order valence-corrected chi connectivity index (χ3v) is 3.39. The van der Waals surface area contributed by atoms with Gasteiger partial charge in [-0.1, -0.05) is 0 Å². The van der Waals surface area contributed by atoms with Gasteiger partial charge in [-0.3, -0.25) is 4.68 Å². The maximum atomic E-state index is 5.54. The average Bonchev–Trinajstić information content (AvgIpc) is 2.99. The van der Waals surface area contributed by atoms with E-state index in [1.807, 2.05) is 49.8 Å². The van der Waals surface area contributed by atoms with Crippen LogP contribution in [-0.4, -0.2) is 36.0 Å². The van der Waals surface area contributed by atoms with Gasteiger partial charge >= 0.3 is 0 Å². The number of hydrogen-bond donors (Lipinski definition) is 2. The van der Waals surface area contributed by atoms with E-state index in [4.69, 9.17) is 9.47 Å². The van der Waals surface area contributed by atoms with Gasteiger partial charge in [0.15, 0.2) is 17.5 Å². The highest BCUT2D eigenvalue weighted by atomic mass is 16.5. The second-order valence-electron chi connectivity index (χ2n) is 5.06. The molecule has 0 radical (unpaired) electrons. The Labute approximate surface area is 142 Å². The van der Waals surface area contributed by atoms with Crippen LogP contribution in [0.4, 0.5) is 5.69 Å². The molecule has 24 heavy (non-hydrogen) atoms. The van der Waals surface area contributed by atoms with Crippen molar-refractivity contribution in [1.29, 1.82) is 0 Å². The van der Waals surface area contributed by atoms with Crippen LogP contribution in [0.15, 0.2) is 35.5 Å². The molecule has 2 N–H and O–H groups in total. The molecule has 1 heterocycles. The summed E-state index contributed by atoms with van der Waals surface area (Å²) >= 11 is 0. The molecule has 0 amide bonds. The third kappa shape index (κ3) is 4.65. The van der Waals surface area contributed by atoms with E-state index < -0.39 is 0 Å². The molecule has 130 valence electrons. The molecule has 0 aliphatic rings. The van der Waals surface area contributed by atoms with Crippen molar-refractivity contribution in [3.05, 3.63) is 36.2 Å². The Balaban J connectivity index is 2.13. The van der Waals surface area contributed by atoms with Crippen molar-refractivity contribution in [3.63, 3.8) is 0 Å². The Morgan fingerprint density at radius 1 is 1.25 bits per heavy atom. The Morgan fingerprint density at radius 2 is 2.08 bits per heavy atom. The van der Waals surface area contributed by atoms with Gasteiger partial charge in [0, 0.05) is 31.5 Å². The van der Waals surface area contributed by atoms with Crippen molar-refractivity contribution < 1.29 is 9.47 Å². The zero-order valence-corrected chi connectivity index (χ0v) is 14.7. The average molecular weight is 331 g/mol. The molecule has 0 bridgehead atoms. The molecule has 1 aromatic carbocycles. The maximum Gasteiger partial charge on any atom is 0.196 e. The monoisotopic (exact) mass is 331 g/mol. The van der Waals surface area contributed by atoms with E-state index in [0.717, 1.165) is 23.7 Å². The minimum absolute atomic E-state index is 0.542. The topological polar surface area (TPSA) is 72.7 Å². The van der Waals surface area contributed by atoms with E-state index in [1.165, 1.54) is 0 Å². The second kappa shape index (κ2) is 8.81. The van der Waals surface area contributed by atoms with Crippen LogP contribution in [-0.2, 0) is 13.6 Å². The number of hydrogen-bond acceptors (Lipinski definition) is 4. The lowest BCUT2D eigenvalue weighted by atomic mass is 10.2. The molecule has 7 nitrogen and oxygen atoms in total. The number of benzene rings is 1. The Morgan fingerprint density at radius 3 is 2.71 bits per heavy atom. The highest BCUT2D eigenvalue weighted by Gasteiger charge is 2.07. The number of guanidine groups is 1. The zero-order valence-electron chi connectivity index (χ0n) is 14.7. The van der Waals surface area contributed by atoms with Crippen LogP contribution >= 0.6 is 0 Å². The molecule has 0 aliphatic carbocycles. The highest BCUT2D eigenvalue weighted by Crippen LogP contribution is 2.30. The molecule has 1 aromatic heterocycles. The van der Waals surface area contributed by atoms with Crippen LogP contribution in [0.1, 0.15) is 19.5 Å². The first-order chi connectivity index (χ1) is 11.7. The Bertz CT molecular complexity index is 681. The molecule has 2 rings (SSSR count). The second-order valence-corrected chi connectivity index (χ2v) is 5.06. The number of anilines is 1. The summed E-state index contributed by atoms with van der Waals surface area (Å²) in [6, 6.07) is 7.66. The van der Waals surface area contributed by atoms with Gasteiger partial charge in [0.25, 0.3) is 0 Å². The van der Waals surface area contributed by atoms with Crippen molar-refractivity contribution in [3.8, 4) is 11.5 Å². The maximum absolute atomic E-state index is 5.54. The van der Waals surface area contributed by atoms with E-state index in [-0.39, 0.29) is 0 Å². The summed E-state index contributed by atoms with van der Waals surface area (Å²) < 4.78 is 12.7.